The smallest absolute Gasteiger partial charge is 0.251 e. The van der Waals surface area contributed by atoms with E-state index in [0.29, 0.717) is 17.2 Å². The molecule has 1 amide bonds. The molecule has 0 fully saturated rings. The second kappa shape index (κ2) is 6.22. The molecule has 0 bridgehead atoms. The lowest BCUT2D eigenvalue weighted by molar-refractivity contribution is 0.0947. The number of nitrogens with zero attached hydrogens (tertiary/aromatic N) is 1. The molecule has 2 aromatic carbocycles. The Kier molecular flexibility index (Phi) is 3.96. The summed E-state index contributed by atoms with van der Waals surface area (Å²) in [5.41, 5.74) is 1.31. The first-order valence-electron chi connectivity index (χ1n) is 6.76. The van der Waals surface area contributed by atoms with E-state index in [4.69, 9.17) is 4.42 Å². The van der Waals surface area contributed by atoms with E-state index in [2.05, 4.69) is 10.3 Å². The summed E-state index contributed by atoms with van der Waals surface area (Å²) in [5, 5.41) is 2.68. The van der Waals surface area contributed by atoms with Crippen molar-refractivity contribution in [2.75, 3.05) is 0 Å². The van der Waals surface area contributed by atoms with Crippen LogP contribution in [0.15, 0.2) is 65.2 Å². The molecule has 0 saturated heterocycles. The van der Waals surface area contributed by atoms with E-state index in [9.17, 15) is 9.18 Å². The number of nitrogens with one attached hydrogen (secondary N) is 1. The topological polar surface area (TPSA) is 55.1 Å². The Hall–Kier alpha value is -2.95. The Morgan fingerprint density at radius 1 is 1.09 bits per heavy atom. The molecule has 0 radical (unpaired) electrons. The zero-order valence-electron chi connectivity index (χ0n) is 11.6. The predicted octanol–water partition coefficient (Wildman–Crippen LogP) is 3.41. The highest BCUT2D eigenvalue weighted by Gasteiger charge is 2.09. The van der Waals surface area contributed by atoms with Crippen molar-refractivity contribution in [3.63, 3.8) is 0 Å². The normalized spacial score (nSPS) is 10.4. The third-order valence-corrected chi connectivity index (χ3v) is 3.12. The highest BCUT2D eigenvalue weighted by atomic mass is 19.1. The number of carbonyl (C=O) groups is 1. The number of hydrogen-bond donors (Lipinski definition) is 1. The lowest BCUT2D eigenvalue weighted by Crippen LogP contribution is -2.22. The van der Waals surface area contributed by atoms with Crippen LogP contribution in [0, 0.1) is 5.82 Å². The van der Waals surface area contributed by atoms with Crippen molar-refractivity contribution in [1.82, 2.24) is 10.3 Å². The predicted molar refractivity (Wildman–Crippen MR) is 79.5 cm³/mol. The van der Waals surface area contributed by atoms with Gasteiger partial charge in [0.15, 0.2) is 5.76 Å². The standard InChI is InChI=1S/C17H13FN2O2/c18-14-8-6-13(7-9-14)17(21)20-11-16-19-10-15(22-16)12-4-2-1-3-5-12/h1-10H,11H2,(H,20,21). The molecular weight excluding hydrogens is 283 g/mol. The molecule has 0 atom stereocenters. The van der Waals surface area contributed by atoms with E-state index >= 15 is 0 Å². The number of halogens is 1. The Morgan fingerprint density at radius 3 is 2.55 bits per heavy atom. The van der Waals surface area contributed by atoms with Crippen molar-refractivity contribution in [1.29, 1.82) is 0 Å². The van der Waals surface area contributed by atoms with E-state index in [1.54, 1.807) is 6.20 Å². The van der Waals surface area contributed by atoms with E-state index in [1.165, 1.54) is 24.3 Å². The maximum atomic E-state index is 12.8. The maximum absolute atomic E-state index is 12.8. The van der Waals surface area contributed by atoms with Gasteiger partial charge in [-0.3, -0.25) is 4.79 Å². The number of amides is 1. The molecule has 3 rings (SSSR count). The molecule has 0 aliphatic rings. The SMILES string of the molecule is O=C(NCc1ncc(-c2ccccc2)o1)c1ccc(F)cc1. The monoisotopic (exact) mass is 296 g/mol. The Bertz CT molecular complexity index is 767. The summed E-state index contributed by atoms with van der Waals surface area (Å²) in [4.78, 5) is 16.0. The quantitative estimate of drug-likeness (QED) is 0.802. The summed E-state index contributed by atoms with van der Waals surface area (Å²) in [6.45, 7) is 0.170. The van der Waals surface area contributed by atoms with Crippen LogP contribution in [0.25, 0.3) is 11.3 Å². The summed E-state index contributed by atoms with van der Waals surface area (Å²) < 4.78 is 18.4. The van der Waals surface area contributed by atoms with Crippen molar-refractivity contribution in [2.45, 2.75) is 6.54 Å². The molecular formula is C17H13FN2O2. The highest BCUT2D eigenvalue weighted by Crippen LogP contribution is 2.19. The summed E-state index contributed by atoms with van der Waals surface area (Å²) in [5.74, 6) is 0.372. The fraction of sp³-hybridized carbons (Fsp3) is 0.0588. The molecule has 0 unspecified atom stereocenters. The van der Waals surface area contributed by atoms with Gasteiger partial charge in [-0.25, -0.2) is 9.37 Å². The van der Waals surface area contributed by atoms with Crippen LogP contribution >= 0.6 is 0 Å². The summed E-state index contributed by atoms with van der Waals surface area (Å²) in [7, 11) is 0. The first kappa shape index (κ1) is 14.0. The van der Waals surface area contributed by atoms with Crippen LogP contribution in [0.3, 0.4) is 0 Å². The van der Waals surface area contributed by atoms with Crippen molar-refractivity contribution >= 4 is 5.91 Å². The van der Waals surface area contributed by atoms with Gasteiger partial charge < -0.3 is 9.73 Å². The zero-order chi connectivity index (χ0) is 15.4. The zero-order valence-corrected chi connectivity index (χ0v) is 11.6. The third-order valence-electron chi connectivity index (χ3n) is 3.12. The molecule has 1 aromatic heterocycles. The Labute approximate surface area is 126 Å². The Morgan fingerprint density at radius 2 is 1.82 bits per heavy atom. The van der Waals surface area contributed by atoms with Gasteiger partial charge in [0.05, 0.1) is 12.7 Å². The van der Waals surface area contributed by atoms with Gasteiger partial charge in [0.2, 0.25) is 5.89 Å². The molecule has 0 spiro atoms. The van der Waals surface area contributed by atoms with Gasteiger partial charge in [-0.15, -0.1) is 0 Å². The van der Waals surface area contributed by atoms with E-state index in [-0.39, 0.29) is 18.3 Å². The van der Waals surface area contributed by atoms with Crippen LogP contribution in [-0.4, -0.2) is 10.9 Å². The van der Waals surface area contributed by atoms with Gasteiger partial charge >= 0.3 is 0 Å². The first-order valence-corrected chi connectivity index (χ1v) is 6.76. The summed E-state index contributed by atoms with van der Waals surface area (Å²) >= 11 is 0. The summed E-state index contributed by atoms with van der Waals surface area (Å²) in [6, 6.07) is 14.9. The van der Waals surface area contributed by atoms with Gasteiger partial charge in [-0.05, 0) is 24.3 Å². The third kappa shape index (κ3) is 3.20. The van der Waals surface area contributed by atoms with Crippen LogP contribution in [0.4, 0.5) is 4.39 Å². The number of hydrogen-bond acceptors (Lipinski definition) is 3. The minimum atomic E-state index is -0.378. The lowest BCUT2D eigenvalue weighted by atomic mass is 10.2. The number of aromatic nitrogens is 1. The van der Waals surface area contributed by atoms with Gasteiger partial charge in [-0.1, -0.05) is 30.3 Å². The van der Waals surface area contributed by atoms with Crippen molar-refractivity contribution in [3.8, 4) is 11.3 Å². The largest absolute Gasteiger partial charge is 0.439 e. The maximum Gasteiger partial charge on any atom is 0.251 e. The fourth-order valence-electron chi connectivity index (χ4n) is 1.99. The molecule has 22 heavy (non-hydrogen) atoms. The number of oxazole rings is 1. The average Bonchev–Trinajstić information content (AvgIpc) is 3.03. The van der Waals surface area contributed by atoms with E-state index in [0.717, 1.165) is 5.56 Å². The van der Waals surface area contributed by atoms with Gasteiger partial charge in [-0.2, -0.15) is 0 Å². The van der Waals surface area contributed by atoms with Crippen molar-refractivity contribution in [3.05, 3.63) is 78.1 Å². The van der Waals surface area contributed by atoms with Crippen LogP contribution in [0.5, 0.6) is 0 Å². The Balaban J connectivity index is 1.64. The molecule has 4 nitrogen and oxygen atoms in total. The molecule has 3 aromatic rings. The van der Waals surface area contributed by atoms with Gasteiger partial charge in [0.1, 0.15) is 5.82 Å². The van der Waals surface area contributed by atoms with Crippen molar-refractivity contribution in [2.24, 2.45) is 0 Å². The molecule has 0 aliphatic carbocycles. The van der Waals surface area contributed by atoms with E-state index in [1.807, 2.05) is 30.3 Å². The molecule has 0 saturated carbocycles. The number of carbonyl (C=O) groups excluding carboxylic acids is 1. The molecule has 110 valence electrons. The molecule has 5 heteroatoms. The summed E-state index contributed by atoms with van der Waals surface area (Å²) in [6.07, 6.45) is 1.62. The van der Waals surface area contributed by atoms with Crippen LogP contribution < -0.4 is 5.32 Å². The molecule has 1 heterocycles. The highest BCUT2D eigenvalue weighted by molar-refractivity contribution is 5.94. The second-order valence-electron chi connectivity index (χ2n) is 4.67. The van der Waals surface area contributed by atoms with Gasteiger partial charge in [0, 0.05) is 11.1 Å². The minimum Gasteiger partial charge on any atom is -0.439 e. The first-order chi connectivity index (χ1) is 10.7. The minimum absolute atomic E-state index is 0.170. The molecule has 1 N–H and O–H groups in total. The lowest BCUT2D eigenvalue weighted by Gasteiger charge is -2.02. The number of benzene rings is 2. The van der Waals surface area contributed by atoms with Gasteiger partial charge in [0.25, 0.3) is 5.91 Å². The van der Waals surface area contributed by atoms with Crippen LogP contribution in [-0.2, 0) is 6.54 Å². The average molecular weight is 296 g/mol. The number of rotatable bonds is 4. The van der Waals surface area contributed by atoms with Crippen LogP contribution in [0.2, 0.25) is 0 Å². The fourth-order valence-corrected chi connectivity index (χ4v) is 1.99. The van der Waals surface area contributed by atoms with Crippen molar-refractivity contribution < 1.29 is 13.6 Å². The van der Waals surface area contributed by atoms with Crippen LogP contribution in [0.1, 0.15) is 16.2 Å². The van der Waals surface area contributed by atoms with E-state index < -0.39 is 0 Å². The second-order valence-corrected chi connectivity index (χ2v) is 4.67. The molecule has 0 aliphatic heterocycles.